The molecule has 0 aliphatic carbocycles. The van der Waals surface area contributed by atoms with Crippen molar-refractivity contribution >= 4 is 44.9 Å². The zero-order valence-corrected chi connectivity index (χ0v) is 17.9. The summed E-state index contributed by atoms with van der Waals surface area (Å²) in [5.74, 6) is -0.695. The molecule has 10 heteroatoms. The molecule has 0 radical (unpaired) electrons. The van der Waals surface area contributed by atoms with Crippen LogP contribution in [0.15, 0.2) is 59.2 Å². The van der Waals surface area contributed by atoms with Crippen LogP contribution in [-0.4, -0.2) is 42.8 Å². The highest BCUT2D eigenvalue weighted by molar-refractivity contribution is 7.87. The van der Waals surface area contributed by atoms with E-state index in [0.717, 1.165) is 16.5 Å². The van der Waals surface area contributed by atoms with Gasteiger partial charge in [-0.15, -0.1) is 0 Å². The van der Waals surface area contributed by atoms with Gasteiger partial charge < -0.3 is 19.2 Å². The number of carbonyl (C=O) groups is 2. The summed E-state index contributed by atoms with van der Waals surface area (Å²) in [6, 6.07) is 11.3. The van der Waals surface area contributed by atoms with Crippen molar-refractivity contribution in [1.82, 2.24) is 10.2 Å². The van der Waals surface area contributed by atoms with E-state index in [1.165, 1.54) is 30.2 Å². The van der Waals surface area contributed by atoms with Crippen molar-refractivity contribution < 1.29 is 27.0 Å². The molecular formula is C22H20N3O6S-. The van der Waals surface area contributed by atoms with E-state index < -0.39 is 16.3 Å². The lowest BCUT2D eigenvalue weighted by Crippen LogP contribution is -2.51. The van der Waals surface area contributed by atoms with Gasteiger partial charge in [0.15, 0.2) is 10.3 Å². The van der Waals surface area contributed by atoms with Crippen LogP contribution in [0.1, 0.15) is 16.7 Å². The first-order valence-electron chi connectivity index (χ1n) is 9.77. The lowest BCUT2D eigenvalue weighted by Gasteiger charge is -2.35. The van der Waals surface area contributed by atoms with Gasteiger partial charge in [0.25, 0.3) is 0 Å². The second kappa shape index (κ2) is 8.48. The smallest absolute Gasteiger partial charge is 0.247 e. The molecule has 1 aromatic heterocycles. The topological polar surface area (TPSA) is 132 Å². The number of furan rings is 1. The van der Waals surface area contributed by atoms with E-state index >= 15 is 0 Å². The molecule has 2 amide bonds. The Kier molecular flexibility index (Phi) is 5.72. The Morgan fingerprint density at radius 3 is 2.72 bits per heavy atom. The van der Waals surface area contributed by atoms with Crippen molar-refractivity contribution in [3.8, 4) is 0 Å². The van der Waals surface area contributed by atoms with E-state index in [4.69, 9.17) is 4.42 Å². The van der Waals surface area contributed by atoms with Crippen LogP contribution < -0.4 is 10.0 Å². The van der Waals surface area contributed by atoms with Crippen molar-refractivity contribution in [2.75, 3.05) is 11.8 Å². The maximum atomic E-state index is 13.1. The van der Waals surface area contributed by atoms with E-state index in [2.05, 4.69) is 5.32 Å². The van der Waals surface area contributed by atoms with Crippen LogP contribution in [-0.2, 0) is 32.9 Å². The van der Waals surface area contributed by atoms with Crippen LogP contribution in [0.4, 0.5) is 5.69 Å². The summed E-state index contributed by atoms with van der Waals surface area (Å²) < 4.78 is 40.4. The van der Waals surface area contributed by atoms with Gasteiger partial charge in [-0.05, 0) is 35.4 Å². The molecule has 32 heavy (non-hydrogen) atoms. The molecular weight excluding hydrogens is 434 g/mol. The fourth-order valence-corrected chi connectivity index (χ4v) is 4.22. The van der Waals surface area contributed by atoms with Crippen LogP contribution >= 0.6 is 0 Å². The largest absolute Gasteiger partial charge is 0.731 e. The van der Waals surface area contributed by atoms with E-state index in [0.29, 0.717) is 11.1 Å². The molecule has 2 heterocycles. The number of nitrogens with one attached hydrogen (secondary N) is 2. The molecule has 0 fully saturated rings. The molecule has 0 saturated carbocycles. The molecule has 0 bridgehead atoms. The number of anilines is 1. The van der Waals surface area contributed by atoms with Crippen molar-refractivity contribution in [3.63, 3.8) is 0 Å². The molecule has 1 aliphatic rings. The zero-order valence-electron chi connectivity index (χ0n) is 17.1. The molecule has 3 aromatic rings. The third-order valence-electron chi connectivity index (χ3n) is 5.33. The fraction of sp³-hybridized carbons (Fsp3) is 0.182. The minimum Gasteiger partial charge on any atom is -0.731 e. The SMILES string of the molecule is CNC(=O)[C@@H]1Cc2ccc(NS(=O)(=O)[O-])cc2CN1C(=O)/C=C/c1coc2ccccc12. The average molecular weight is 454 g/mol. The number of likely N-dealkylation sites (N-methyl/N-ethyl adjacent to an activating group) is 1. The number of para-hydroxylation sites is 1. The molecule has 1 atom stereocenters. The van der Waals surface area contributed by atoms with Gasteiger partial charge in [0, 0.05) is 42.7 Å². The first kappa shape index (κ1) is 21.6. The molecule has 1 aliphatic heterocycles. The van der Waals surface area contributed by atoms with Crippen molar-refractivity contribution in [3.05, 3.63) is 71.5 Å². The van der Waals surface area contributed by atoms with Gasteiger partial charge in [0.1, 0.15) is 11.6 Å². The van der Waals surface area contributed by atoms with E-state index in [1.54, 1.807) is 18.4 Å². The number of carbonyl (C=O) groups excluding carboxylic acids is 2. The van der Waals surface area contributed by atoms with Crippen molar-refractivity contribution in [2.45, 2.75) is 19.0 Å². The summed E-state index contributed by atoms with van der Waals surface area (Å²) in [5, 5.41) is 3.44. The zero-order chi connectivity index (χ0) is 22.9. The lowest BCUT2D eigenvalue weighted by atomic mass is 9.92. The monoisotopic (exact) mass is 454 g/mol. The normalized spacial score (nSPS) is 16.2. The molecule has 0 unspecified atom stereocenters. The Balaban J connectivity index is 1.62. The maximum Gasteiger partial charge on any atom is 0.247 e. The van der Waals surface area contributed by atoms with Crippen LogP contribution in [0.2, 0.25) is 0 Å². The number of nitrogens with zero attached hydrogens (tertiary/aromatic N) is 1. The molecule has 4 rings (SSSR count). The highest BCUT2D eigenvalue weighted by Crippen LogP contribution is 2.28. The number of amides is 2. The summed E-state index contributed by atoms with van der Waals surface area (Å²) in [6.45, 7) is 0.0805. The predicted molar refractivity (Wildman–Crippen MR) is 117 cm³/mol. The summed E-state index contributed by atoms with van der Waals surface area (Å²) in [5.41, 5.74) is 2.97. The van der Waals surface area contributed by atoms with Gasteiger partial charge in [-0.2, -0.15) is 0 Å². The number of hydrogen-bond donors (Lipinski definition) is 2. The maximum absolute atomic E-state index is 13.1. The van der Waals surface area contributed by atoms with Crippen LogP contribution in [0.3, 0.4) is 0 Å². The van der Waals surface area contributed by atoms with Crippen molar-refractivity contribution in [1.29, 1.82) is 0 Å². The average Bonchev–Trinajstić information content (AvgIpc) is 3.18. The summed E-state index contributed by atoms with van der Waals surface area (Å²) in [4.78, 5) is 26.9. The highest BCUT2D eigenvalue weighted by Gasteiger charge is 2.33. The quantitative estimate of drug-likeness (QED) is 0.448. The molecule has 0 spiro atoms. The highest BCUT2D eigenvalue weighted by atomic mass is 32.2. The predicted octanol–water partition coefficient (Wildman–Crippen LogP) is 2.02. The van der Waals surface area contributed by atoms with Crippen LogP contribution in [0.5, 0.6) is 0 Å². The van der Waals surface area contributed by atoms with E-state index in [9.17, 15) is 22.6 Å². The van der Waals surface area contributed by atoms with Gasteiger partial charge in [0.2, 0.25) is 11.8 Å². The van der Waals surface area contributed by atoms with E-state index in [1.807, 2.05) is 29.0 Å². The number of benzene rings is 2. The summed E-state index contributed by atoms with van der Waals surface area (Å²) >= 11 is 0. The Labute approximate surface area is 184 Å². The second-order valence-corrected chi connectivity index (χ2v) is 8.47. The first-order valence-corrected chi connectivity index (χ1v) is 11.2. The van der Waals surface area contributed by atoms with Crippen LogP contribution in [0.25, 0.3) is 17.0 Å². The first-order chi connectivity index (χ1) is 15.2. The van der Waals surface area contributed by atoms with Gasteiger partial charge in [-0.25, -0.2) is 8.42 Å². The number of hydrogen-bond acceptors (Lipinski definition) is 6. The summed E-state index contributed by atoms with van der Waals surface area (Å²) in [6.07, 6.45) is 4.82. The minimum absolute atomic E-state index is 0.0805. The number of rotatable bonds is 5. The van der Waals surface area contributed by atoms with Crippen LogP contribution in [0, 0.1) is 0 Å². The van der Waals surface area contributed by atoms with Crippen molar-refractivity contribution in [2.24, 2.45) is 0 Å². The Morgan fingerprint density at radius 2 is 1.97 bits per heavy atom. The number of fused-ring (bicyclic) bond motifs is 2. The Hall–Kier alpha value is -3.63. The third-order valence-corrected chi connectivity index (χ3v) is 5.81. The Bertz CT molecular complexity index is 1330. The molecule has 2 aromatic carbocycles. The van der Waals surface area contributed by atoms with Gasteiger partial charge >= 0.3 is 0 Å². The van der Waals surface area contributed by atoms with Gasteiger partial charge in [-0.1, -0.05) is 24.3 Å². The van der Waals surface area contributed by atoms with Gasteiger partial charge in [0.05, 0.1) is 6.26 Å². The summed E-state index contributed by atoms with van der Waals surface area (Å²) in [7, 11) is -3.18. The molecule has 0 saturated heterocycles. The molecule has 9 nitrogen and oxygen atoms in total. The minimum atomic E-state index is -4.68. The second-order valence-electron chi connectivity index (χ2n) is 7.36. The third kappa shape index (κ3) is 4.51. The molecule has 2 N–H and O–H groups in total. The molecule has 166 valence electrons. The standard InChI is InChI=1S/C22H21N3O6S/c1-23-22(27)19-11-14-6-8-17(24-32(28,29)30)10-16(14)12-25(19)21(26)9-7-15-13-31-20-5-3-2-4-18(15)20/h2-10,13,19,24H,11-12H2,1H3,(H,23,27)(H,28,29,30)/p-1/b9-7+/t19-/m0/s1. The van der Waals surface area contributed by atoms with E-state index in [-0.39, 0.29) is 30.5 Å². The fourth-order valence-electron chi connectivity index (χ4n) is 3.81. The van der Waals surface area contributed by atoms with Gasteiger partial charge in [-0.3, -0.25) is 14.3 Å². The lowest BCUT2D eigenvalue weighted by molar-refractivity contribution is -0.138. The Morgan fingerprint density at radius 1 is 1.19 bits per heavy atom.